The van der Waals surface area contributed by atoms with E-state index in [2.05, 4.69) is 9.47 Å². The largest absolute Gasteiger partial charge is 0.504 e. The quantitative estimate of drug-likeness (QED) is 0.228. The number of carbonyl (C=O) groups excluding carboxylic acids is 2. The van der Waals surface area contributed by atoms with Crippen LogP contribution in [0.15, 0.2) is 72.8 Å². The molecule has 0 aliphatic rings. The zero-order valence-electron chi connectivity index (χ0n) is 23.1. The molecule has 3 aromatic carbocycles. The molecular weight excluding hydrogens is 532 g/mol. The smallest absolute Gasteiger partial charge is 0.330 e. The monoisotopic (exact) mass is 564 g/mol. The van der Waals surface area contributed by atoms with Crippen LogP contribution in [0.3, 0.4) is 0 Å². The molecule has 3 aromatic rings. The van der Waals surface area contributed by atoms with E-state index in [1.54, 1.807) is 66.7 Å². The molecule has 3 rings (SSSR count). The molecule has 0 fully saturated rings. The van der Waals surface area contributed by atoms with Crippen molar-refractivity contribution in [1.82, 2.24) is 0 Å². The number of ether oxygens (including phenoxy) is 6. The summed E-state index contributed by atoms with van der Waals surface area (Å²) in [5.74, 6) is 0.322. The lowest BCUT2D eigenvalue weighted by atomic mass is 10.0. The summed E-state index contributed by atoms with van der Waals surface area (Å²) in [4.78, 5) is 22.9. The van der Waals surface area contributed by atoms with Crippen molar-refractivity contribution in [2.75, 3.05) is 35.0 Å². The third-order valence-corrected chi connectivity index (χ3v) is 5.89. The number of aromatic hydroxyl groups is 1. The van der Waals surface area contributed by atoms with Crippen LogP contribution >= 0.6 is 0 Å². The summed E-state index contributed by atoms with van der Waals surface area (Å²) in [5, 5.41) is 20.5. The fourth-order valence-corrected chi connectivity index (χ4v) is 3.74. The maximum Gasteiger partial charge on any atom is 0.330 e. The number of phenolic OH excluding ortho intramolecular Hbond substituents is 1. The van der Waals surface area contributed by atoms with Crippen LogP contribution in [0.5, 0.6) is 28.7 Å². The van der Waals surface area contributed by atoms with E-state index in [1.165, 1.54) is 46.7 Å². The van der Waals surface area contributed by atoms with Gasteiger partial charge < -0.3 is 38.6 Å². The number of carbonyl (C=O) groups is 2. The fraction of sp³-hybridized carbons (Fsp3) is 0.226. The highest BCUT2D eigenvalue weighted by Crippen LogP contribution is 2.36. The zero-order chi connectivity index (χ0) is 29.8. The van der Waals surface area contributed by atoms with Crippen LogP contribution in [0.2, 0.25) is 0 Å². The minimum absolute atomic E-state index is 0.0597. The average Bonchev–Trinajstić information content (AvgIpc) is 3.01. The predicted molar refractivity (Wildman–Crippen MR) is 151 cm³/mol. The van der Waals surface area contributed by atoms with Crippen molar-refractivity contribution in [1.29, 1.82) is 0 Å². The van der Waals surface area contributed by atoms with Gasteiger partial charge in [0.1, 0.15) is 5.75 Å². The van der Waals surface area contributed by atoms with Crippen molar-refractivity contribution in [2.24, 2.45) is 0 Å². The van der Waals surface area contributed by atoms with Crippen LogP contribution in [-0.4, -0.2) is 63.3 Å². The first-order valence-electron chi connectivity index (χ1n) is 12.4. The van der Waals surface area contributed by atoms with Gasteiger partial charge in [-0.15, -0.1) is 0 Å². The van der Waals surface area contributed by atoms with Crippen LogP contribution in [0.1, 0.15) is 22.8 Å². The molecule has 0 bridgehead atoms. The Labute approximate surface area is 238 Å². The lowest BCUT2D eigenvalue weighted by Crippen LogP contribution is -2.33. The normalized spacial score (nSPS) is 12.5. The maximum absolute atomic E-state index is 11.5. The number of phenols is 1. The van der Waals surface area contributed by atoms with Crippen molar-refractivity contribution >= 4 is 24.1 Å². The molecule has 0 saturated heterocycles. The van der Waals surface area contributed by atoms with Crippen LogP contribution in [0.4, 0.5) is 0 Å². The zero-order valence-corrected chi connectivity index (χ0v) is 23.1. The molecule has 216 valence electrons. The Kier molecular flexibility index (Phi) is 11.2. The molecule has 2 unspecified atom stereocenters. The van der Waals surface area contributed by atoms with Gasteiger partial charge in [0.05, 0.1) is 35.0 Å². The summed E-state index contributed by atoms with van der Waals surface area (Å²) in [6.45, 7) is -0.443. The highest BCUT2D eigenvalue weighted by atomic mass is 16.6. The van der Waals surface area contributed by atoms with E-state index in [1.807, 2.05) is 0 Å². The molecule has 2 atom stereocenters. The molecule has 0 saturated carbocycles. The number of aliphatic hydroxyl groups is 1. The number of esters is 2. The Morgan fingerprint density at radius 2 is 1.34 bits per heavy atom. The van der Waals surface area contributed by atoms with E-state index < -0.39 is 30.8 Å². The van der Waals surface area contributed by atoms with Gasteiger partial charge in [0.15, 0.2) is 35.2 Å². The molecule has 0 heterocycles. The summed E-state index contributed by atoms with van der Waals surface area (Å²) >= 11 is 0. The second kappa shape index (κ2) is 15.0. The van der Waals surface area contributed by atoms with Crippen LogP contribution < -0.4 is 18.9 Å². The maximum atomic E-state index is 11.5. The van der Waals surface area contributed by atoms with Gasteiger partial charge >= 0.3 is 11.9 Å². The van der Waals surface area contributed by atoms with Crippen molar-refractivity contribution in [3.8, 4) is 28.7 Å². The second-order valence-electron chi connectivity index (χ2n) is 8.50. The summed E-state index contributed by atoms with van der Waals surface area (Å²) in [7, 11) is 5.49. The number of hydrogen-bond acceptors (Lipinski definition) is 10. The summed E-state index contributed by atoms with van der Waals surface area (Å²) in [5.41, 5.74) is 1.97. The van der Waals surface area contributed by atoms with Crippen molar-refractivity contribution < 1.29 is 48.2 Å². The van der Waals surface area contributed by atoms with E-state index in [9.17, 15) is 19.8 Å². The SMILES string of the molecule is COC(=O)/C=C/c1ccc(OC(c2ccc(O)c(OC)c2)C(CO)Oc2ccc(/C=C/C(=O)OC)cc2OC)cc1. The van der Waals surface area contributed by atoms with Crippen LogP contribution in [-0.2, 0) is 19.1 Å². The molecule has 0 amide bonds. The Morgan fingerprint density at radius 3 is 1.93 bits per heavy atom. The molecule has 0 aliphatic heterocycles. The topological polar surface area (TPSA) is 130 Å². The van der Waals surface area contributed by atoms with Crippen LogP contribution in [0.25, 0.3) is 12.2 Å². The Balaban J connectivity index is 1.94. The van der Waals surface area contributed by atoms with E-state index in [4.69, 9.17) is 18.9 Å². The van der Waals surface area contributed by atoms with Crippen molar-refractivity contribution in [2.45, 2.75) is 12.2 Å². The van der Waals surface area contributed by atoms with Gasteiger partial charge in [-0.05, 0) is 59.7 Å². The molecular formula is C31H32O10. The Bertz CT molecular complexity index is 1380. The summed E-state index contributed by atoms with van der Waals surface area (Å²) in [6, 6.07) is 16.6. The van der Waals surface area contributed by atoms with Crippen LogP contribution in [0, 0.1) is 0 Å². The molecule has 0 spiro atoms. The lowest BCUT2D eigenvalue weighted by molar-refractivity contribution is -0.135. The molecule has 0 aromatic heterocycles. The summed E-state index contributed by atoms with van der Waals surface area (Å²) < 4.78 is 32.5. The molecule has 2 N–H and O–H groups in total. The molecule has 0 aliphatic carbocycles. The summed E-state index contributed by atoms with van der Waals surface area (Å²) in [6.07, 6.45) is 3.96. The molecule has 10 heteroatoms. The van der Waals surface area contributed by atoms with Gasteiger partial charge in [-0.3, -0.25) is 0 Å². The minimum atomic E-state index is -0.937. The fourth-order valence-electron chi connectivity index (χ4n) is 3.74. The Morgan fingerprint density at radius 1 is 0.732 bits per heavy atom. The number of rotatable bonds is 13. The molecule has 10 nitrogen and oxygen atoms in total. The first-order chi connectivity index (χ1) is 19.8. The average molecular weight is 565 g/mol. The Hall–Kier alpha value is -4.96. The van der Waals surface area contributed by atoms with Crippen molar-refractivity contribution in [3.05, 3.63) is 89.5 Å². The third-order valence-electron chi connectivity index (χ3n) is 5.89. The number of benzene rings is 3. The van der Waals surface area contributed by atoms with E-state index in [-0.39, 0.29) is 11.5 Å². The van der Waals surface area contributed by atoms with Gasteiger partial charge in [-0.2, -0.15) is 0 Å². The van der Waals surface area contributed by atoms with Gasteiger partial charge in [0.25, 0.3) is 0 Å². The van der Waals surface area contributed by atoms with E-state index in [0.717, 1.165) is 5.56 Å². The van der Waals surface area contributed by atoms with Gasteiger partial charge in [0, 0.05) is 17.7 Å². The first-order valence-corrected chi connectivity index (χ1v) is 12.4. The first kappa shape index (κ1) is 30.6. The number of hydrogen-bond donors (Lipinski definition) is 2. The standard InChI is InChI=1S/C31H32O10/c1-36-26-18-22(10-13-24(26)33)31(40-23-11-5-20(6-12-23)8-15-29(34)38-3)28(19-32)41-25-14-7-21(17-27(25)37-2)9-16-30(35)39-4/h5-18,28,31-33H,19H2,1-4H3/b15-8+,16-9+. The predicted octanol–water partition coefficient (Wildman–Crippen LogP) is 4.34. The van der Waals surface area contributed by atoms with E-state index in [0.29, 0.717) is 28.4 Å². The van der Waals surface area contributed by atoms with Gasteiger partial charge in [0.2, 0.25) is 0 Å². The highest BCUT2D eigenvalue weighted by molar-refractivity contribution is 5.87. The highest BCUT2D eigenvalue weighted by Gasteiger charge is 2.29. The van der Waals surface area contributed by atoms with Gasteiger partial charge in [-0.1, -0.05) is 24.3 Å². The minimum Gasteiger partial charge on any atom is -0.504 e. The third kappa shape index (κ3) is 8.51. The molecule has 41 heavy (non-hydrogen) atoms. The van der Waals surface area contributed by atoms with E-state index >= 15 is 0 Å². The van der Waals surface area contributed by atoms with Crippen molar-refractivity contribution in [3.63, 3.8) is 0 Å². The van der Waals surface area contributed by atoms with Gasteiger partial charge in [-0.25, -0.2) is 9.59 Å². The molecule has 0 radical (unpaired) electrons. The second-order valence-corrected chi connectivity index (χ2v) is 8.50. The number of aliphatic hydroxyl groups excluding tert-OH is 1. The number of methoxy groups -OCH3 is 4. The lowest BCUT2D eigenvalue weighted by Gasteiger charge is -2.28.